The van der Waals surface area contributed by atoms with Gasteiger partial charge in [0.1, 0.15) is 0 Å². The molecule has 0 aromatic heterocycles. The highest BCUT2D eigenvalue weighted by Gasteiger charge is 2.00. The Morgan fingerprint density at radius 2 is 1.78 bits per heavy atom. The van der Waals surface area contributed by atoms with E-state index < -0.39 is 0 Å². The first-order valence-electron chi connectivity index (χ1n) is 3.68. The minimum absolute atomic E-state index is 0.310. The molecule has 0 bridgehead atoms. The molecule has 0 heterocycles. The second kappa shape index (κ2) is 4.77. The van der Waals surface area contributed by atoms with Crippen LogP contribution in [0.2, 0.25) is 0 Å². The van der Waals surface area contributed by atoms with E-state index in [0.717, 1.165) is 19.6 Å². The molecule has 0 unspecified atom stereocenters. The van der Waals surface area contributed by atoms with Crippen LogP contribution in [0.3, 0.4) is 0 Å². The summed E-state index contributed by atoms with van der Waals surface area (Å²) in [5.41, 5.74) is 5.60. The highest BCUT2D eigenvalue weighted by Crippen LogP contribution is 1.87. The number of likely N-dealkylation sites (N-methyl/N-ethyl adjacent to an activating group) is 1. The molecule has 1 atom stereocenters. The summed E-state index contributed by atoms with van der Waals surface area (Å²) in [5.74, 6) is 0. The van der Waals surface area contributed by atoms with Crippen molar-refractivity contribution in [1.29, 1.82) is 0 Å². The van der Waals surface area contributed by atoms with Crippen molar-refractivity contribution in [3.63, 3.8) is 0 Å². The van der Waals surface area contributed by atoms with E-state index in [1.54, 1.807) is 0 Å². The summed E-state index contributed by atoms with van der Waals surface area (Å²) < 4.78 is 0. The Kier molecular flexibility index (Phi) is 4.72. The van der Waals surface area contributed by atoms with Crippen molar-refractivity contribution in [2.24, 2.45) is 5.73 Å². The monoisotopic (exact) mass is 130 g/mol. The average Bonchev–Trinajstić information content (AvgIpc) is 1.82. The molecule has 0 radical (unpaired) electrons. The van der Waals surface area contributed by atoms with Gasteiger partial charge in [0, 0.05) is 12.6 Å². The fourth-order valence-corrected chi connectivity index (χ4v) is 0.889. The van der Waals surface area contributed by atoms with Gasteiger partial charge in [0.25, 0.3) is 0 Å². The molecule has 2 heteroatoms. The van der Waals surface area contributed by atoms with E-state index in [2.05, 4.69) is 18.7 Å². The maximum absolute atomic E-state index is 5.60. The van der Waals surface area contributed by atoms with Crippen molar-refractivity contribution in [2.75, 3.05) is 19.6 Å². The molecule has 0 aromatic carbocycles. The van der Waals surface area contributed by atoms with E-state index in [9.17, 15) is 0 Å². The molecule has 0 rings (SSSR count). The lowest BCUT2D eigenvalue weighted by molar-refractivity contribution is 0.289. The van der Waals surface area contributed by atoms with Crippen molar-refractivity contribution >= 4 is 0 Å². The Labute approximate surface area is 58.0 Å². The van der Waals surface area contributed by atoms with Gasteiger partial charge >= 0.3 is 0 Å². The van der Waals surface area contributed by atoms with Gasteiger partial charge in [-0.05, 0) is 20.0 Å². The Morgan fingerprint density at radius 3 is 1.89 bits per heavy atom. The van der Waals surface area contributed by atoms with Crippen molar-refractivity contribution in [1.82, 2.24) is 4.90 Å². The third kappa shape index (κ3) is 4.43. The Bertz CT molecular complexity index is 57.9. The quantitative estimate of drug-likeness (QED) is 0.606. The molecule has 0 aliphatic carbocycles. The van der Waals surface area contributed by atoms with Crippen LogP contribution in [-0.2, 0) is 0 Å². The van der Waals surface area contributed by atoms with Crippen LogP contribution in [0.1, 0.15) is 20.8 Å². The second-order valence-electron chi connectivity index (χ2n) is 2.46. The first-order chi connectivity index (χ1) is 4.20. The standard InChI is InChI=1S/C7H18N2/c1-4-9(5-2)6-7(3)8/h7H,4-6,8H2,1-3H3/t7-/m0/s1. The largest absolute Gasteiger partial charge is 0.327 e. The highest BCUT2D eigenvalue weighted by molar-refractivity contribution is 4.59. The Hall–Kier alpha value is -0.0800. The third-order valence-electron chi connectivity index (χ3n) is 1.44. The predicted molar refractivity (Wildman–Crippen MR) is 41.4 cm³/mol. The van der Waals surface area contributed by atoms with E-state index in [1.165, 1.54) is 0 Å². The van der Waals surface area contributed by atoms with Crippen molar-refractivity contribution < 1.29 is 0 Å². The van der Waals surface area contributed by atoms with Crippen LogP contribution in [0.5, 0.6) is 0 Å². The number of hydrogen-bond acceptors (Lipinski definition) is 2. The fourth-order valence-electron chi connectivity index (χ4n) is 0.889. The molecule has 0 saturated heterocycles. The number of hydrogen-bond donors (Lipinski definition) is 1. The van der Waals surface area contributed by atoms with Crippen molar-refractivity contribution in [2.45, 2.75) is 26.8 Å². The van der Waals surface area contributed by atoms with Gasteiger partial charge in [-0.2, -0.15) is 0 Å². The highest BCUT2D eigenvalue weighted by atomic mass is 15.1. The third-order valence-corrected chi connectivity index (χ3v) is 1.44. The number of nitrogens with zero attached hydrogens (tertiary/aromatic N) is 1. The summed E-state index contributed by atoms with van der Waals surface area (Å²) in [7, 11) is 0. The molecule has 0 spiro atoms. The second-order valence-corrected chi connectivity index (χ2v) is 2.46. The molecule has 0 saturated carbocycles. The zero-order valence-corrected chi connectivity index (χ0v) is 6.72. The van der Waals surface area contributed by atoms with Crippen molar-refractivity contribution in [3.8, 4) is 0 Å². The lowest BCUT2D eigenvalue weighted by Crippen LogP contribution is -2.35. The van der Waals surface area contributed by atoms with E-state index >= 15 is 0 Å². The Balaban J connectivity index is 3.31. The molecule has 0 aliphatic heterocycles. The molecule has 0 aromatic rings. The fraction of sp³-hybridized carbons (Fsp3) is 1.00. The number of nitrogens with two attached hydrogens (primary N) is 1. The van der Waals surface area contributed by atoms with Crippen molar-refractivity contribution in [3.05, 3.63) is 0 Å². The van der Waals surface area contributed by atoms with Crippen LogP contribution >= 0.6 is 0 Å². The summed E-state index contributed by atoms with van der Waals surface area (Å²) in [4.78, 5) is 2.32. The van der Waals surface area contributed by atoms with Crippen LogP contribution in [-0.4, -0.2) is 30.6 Å². The summed E-state index contributed by atoms with van der Waals surface area (Å²) in [6.07, 6.45) is 0. The predicted octanol–water partition coefficient (Wildman–Crippen LogP) is 0.675. The normalized spacial score (nSPS) is 14.3. The van der Waals surface area contributed by atoms with E-state index in [4.69, 9.17) is 5.73 Å². The maximum atomic E-state index is 5.60. The Morgan fingerprint density at radius 1 is 1.33 bits per heavy atom. The van der Waals surface area contributed by atoms with Gasteiger partial charge in [0.05, 0.1) is 0 Å². The van der Waals surface area contributed by atoms with Gasteiger partial charge in [-0.25, -0.2) is 0 Å². The first-order valence-corrected chi connectivity index (χ1v) is 3.68. The molecule has 56 valence electrons. The summed E-state index contributed by atoms with van der Waals surface area (Å²) in [6.45, 7) is 9.60. The number of rotatable bonds is 4. The lowest BCUT2D eigenvalue weighted by atomic mass is 10.3. The van der Waals surface area contributed by atoms with Crippen LogP contribution in [0.4, 0.5) is 0 Å². The van der Waals surface area contributed by atoms with Gasteiger partial charge in [-0.15, -0.1) is 0 Å². The van der Waals surface area contributed by atoms with E-state index in [-0.39, 0.29) is 0 Å². The smallest absolute Gasteiger partial charge is 0.0139 e. The molecular weight excluding hydrogens is 112 g/mol. The van der Waals surface area contributed by atoms with Gasteiger partial charge in [0.2, 0.25) is 0 Å². The average molecular weight is 130 g/mol. The maximum Gasteiger partial charge on any atom is 0.0139 e. The van der Waals surface area contributed by atoms with E-state index in [0.29, 0.717) is 6.04 Å². The molecule has 0 amide bonds. The summed E-state index contributed by atoms with van der Waals surface area (Å²) in [5, 5.41) is 0. The summed E-state index contributed by atoms with van der Waals surface area (Å²) in [6, 6.07) is 0.310. The molecular formula is C7H18N2. The summed E-state index contributed by atoms with van der Waals surface area (Å²) >= 11 is 0. The molecule has 2 N–H and O–H groups in total. The van der Waals surface area contributed by atoms with Gasteiger partial charge in [0.15, 0.2) is 0 Å². The molecule has 0 fully saturated rings. The van der Waals surface area contributed by atoms with Crippen LogP contribution < -0.4 is 5.73 Å². The first kappa shape index (κ1) is 8.92. The minimum atomic E-state index is 0.310. The molecule has 0 aliphatic rings. The van der Waals surface area contributed by atoms with Gasteiger partial charge in [-0.3, -0.25) is 0 Å². The van der Waals surface area contributed by atoms with Crippen LogP contribution in [0, 0.1) is 0 Å². The molecule has 2 nitrogen and oxygen atoms in total. The topological polar surface area (TPSA) is 29.3 Å². The van der Waals surface area contributed by atoms with Crippen LogP contribution in [0.25, 0.3) is 0 Å². The molecule has 9 heavy (non-hydrogen) atoms. The van der Waals surface area contributed by atoms with Gasteiger partial charge < -0.3 is 10.6 Å². The van der Waals surface area contributed by atoms with E-state index in [1.807, 2.05) is 6.92 Å². The zero-order chi connectivity index (χ0) is 7.28. The SMILES string of the molecule is CCN(CC)C[C@H](C)N. The van der Waals surface area contributed by atoms with Crippen LogP contribution in [0.15, 0.2) is 0 Å². The minimum Gasteiger partial charge on any atom is -0.327 e. The lowest BCUT2D eigenvalue weighted by Gasteiger charge is -2.19. The van der Waals surface area contributed by atoms with Gasteiger partial charge in [-0.1, -0.05) is 13.8 Å². The zero-order valence-electron chi connectivity index (χ0n) is 6.72.